The Morgan fingerprint density at radius 3 is 2.90 bits per heavy atom. The van der Waals surface area contributed by atoms with Crippen LogP contribution < -0.4 is 5.32 Å². The number of benzene rings is 1. The molecule has 0 fully saturated rings. The van der Waals surface area contributed by atoms with Crippen LogP contribution in [0.2, 0.25) is 0 Å². The van der Waals surface area contributed by atoms with Gasteiger partial charge in [0.1, 0.15) is 10.6 Å². The van der Waals surface area contributed by atoms with E-state index in [2.05, 4.69) is 14.9 Å². The molecule has 0 atom stereocenters. The van der Waals surface area contributed by atoms with Crippen LogP contribution in [0, 0.1) is 0 Å². The molecule has 2 aromatic rings. The fraction of sp³-hybridized carbons (Fsp3) is 0.357. The summed E-state index contributed by atoms with van der Waals surface area (Å²) in [5.74, 6) is -0.129. The third kappa shape index (κ3) is 3.85. The van der Waals surface area contributed by atoms with Crippen molar-refractivity contribution in [1.29, 1.82) is 0 Å². The number of nitrogens with zero attached hydrogens (tertiary/aromatic N) is 2. The van der Waals surface area contributed by atoms with Crippen LogP contribution in [0.3, 0.4) is 0 Å². The summed E-state index contributed by atoms with van der Waals surface area (Å²) in [4.78, 5) is 12.7. The number of carbonyl (C=O) groups is 1. The van der Waals surface area contributed by atoms with Gasteiger partial charge in [-0.05, 0) is 24.9 Å². The minimum absolute atomic E-state index is 0.129. The second kappa shape index (κ2) is 7.72. The topological polar surface area (TPSA) is 64.1 Å². The van der Waals surface area contributed by atoms with Crippen molar-refractivity contribution in [2.75, 3.05) is 19.8 Å². The number of amides is 1. The summed E-state index contributed by atoms with van der Waals surface area (Å²) in [5.41, 5.74) is 1.54. The lowest BCUT2D eigenvalue weighted by atomic mass is 10.1. The third-order valence-electron chi connectivity index (χ3n) is 2.70. The van der Waals surface area contributed by atoms with Crippen LogP contribution in [0.5, 0.6) is 0 Å². The molecule has 106 valence electrons. The monoisotopic (exact) mass is 291 g/mol. The van der Waals surface area contributed by atoms with Gasteiger partial charge in [-0.2, -0.15) is 0 Å². The Balaban J connectivity index is 1.96. The predicted molar refractivity (Wildman–Crippen MR) is 78.8 cm³/mol. The van der Waals surface area contributed by atoms with E-state index in [9.17, 15) is 4.79 Å². The molecule has 2 rings (SSSR count). The molecule has 0 radical (unpaired) electrons. The molecule has 0 bridgehead atoms. The maximum absolute atomic E-state index is 12.1. The zero-order valence-corrected chi connectivity index (χ0v) is 12.2. The average molecular weight is 291 g/mol. The number of rotatable bonds is 7. The molecule has 0 spiro atoms. The maximum atomic E-state index is 12.1. The summed E-state index contributed by atoms with van der Waals surface area (Å²) in [5, 5.41) is 6.91. The Morgan fingerprint density at radius 1 is 1.35 bits per heavy atom. The lowest BCUT2D eigenvalue weighted by Gasteiger charge is -2.05. The second-order valence-electron chi connectivity index (χ2n) is 4.12. The number of nitrogens with one attached hydrogen (secondary N) is 1. The molecule has 6 heteroatoms. The van der Waals surface area contributed by atoms with Crippen LogP contribution in [-0.2, 0) is 4.74 Å². The quantitative estimate of drug-likeness (QED) is 0.795. The number of hydrogen-bond acceptors (Lipinski definition) is 5. The first-order valence-electron chi connectivity index (χ1n) is 6.56. The SMILES string of the molecule is CCOCCCNC(=O)c1snnc1-c1ccccc1. The van der Waals surface area contributed by atoms with Gasteiger partial charge in [0.05, 0.1) is 0 Å². The van der Waals surface area contributed by atoms with E-state index in [1.807, 2.05) is 37.3 Å². The van der Waals surface area contributed by atoms with Crippen LogP contribution in [0.4, 0.5) is 0 Å². The van der Waals surface area contributed by atoms with Gasteiger partial charge < -0.3 is 10.1 Å². The number of hydrogen-bond donors (Lipinski definition) is 1. The van der Waals surface area contributed by atoms with Crippen molar-refractivity contribution in [2.24, 2.45) is 0 Å². The van der Waals surface area contributed by atoms with Gasteiger partial charge in [0.25, 0.3) is 5.91 Å². The van der Waals surface area contributed by atoms with Crippen molar-refractivity contribution in [2.45, 2.75) is 13.3 Å². The summed E-state index contributed by atoms with van der Waals surface area (Å²) in [6.45, 7) is 3.90. The standard InChI is InChI=1S/C14H17N3O2S/c1-2-19-10-6-9-15-14(18)13-12(16-17-20-13)11-7-4-3-5-8-11/h3-5,7-8H,2,6,9-10H2,1H3,(H,15,18). The molecular weight excluding hydrogens is 274 g/mol. The summed E-state index contributed by atoms with van der Waals surface area (Å²) < 4.78 is 9.11. The molecule has 0 aliphatic rings. The maximum Gasteiger partial charge on any atom is 0.265 e. The van der Waals surface area contributed by atoms with Gasteiger partial charge in [0, 0.05) is 25.3 Å². The highest BCUT2D eigenvalue weighted by Crippen LogP contribution is 2.23. The molecule has 5 nitrogen and oxygen atoms in total. The third-order valence-corrected chi connectivity index (χ3v) is 3.42. The van der Waals surface area contributed by atoms with Crippen molar-refractivity contribution in [1.82, 2.24) is 14.9 Å². The molecule has 1 heterocycles. The summed E-state index contributed by atoms with van der Waals surface area (Å²) >= 11 is 1.12. The van der Waals surface area contributed by atoms with Crippen molar-refractivity contribution in [3.8, 4) is 11.3 Å². The number of carbonyl (C=O) groups excluding carboxylic acids is 1. The van der Waals surface area contributed by atoms with Crippen LogP contribution in [0.25, 0.3) is 11.3 Å². The Bertz CT molecular complexity index is 542. The molecule has 1 aromatic heterocycles. The van der Waals surface area contributed by atoms with Crippen LogP contribution >= 0.6 is 11.5 Å². The van der Waals surface area contributed by atoms with E-state index in [1.165, 1.54) is 0 Å². The van der Waals surface area contributed by atoms with Gasteiger partial charge >= 0.3 is 0 Å². The Morgan fingerprint density at radius 2 is 2.15 bits per heavy atom. The average Bonchev–Trinajstić information content (AvgIpc) is 2.97. The van der Waals surface area contributed by atoms with Gasteiger partial charge in [-0.15, -0.1) is 5.10 Å². The smallest absolute Gasteiger partial charge is 0.265 e. The van der Waals surface area contributed by atoms with Gasteiger partial charge in [0.2, 0.25) is 0 Å². The van der Waals surface area contributed by atoms with E-state index in [-0.39, 0.29) is 5.91 Å². The van der Waals surface area contributed by atoms with E-state index >= 15 is 0 Å². The summed E-state index contributed by atoms with van der Waals surface area (Å²) in [6.07, 6.45) is 0.798. The van der Waals surface area contributed by atoms with Crippen molar-refractivity contribution in [3.05, 3.63) is 35.2 Å². The van der Waals surface area contributed by atoms with Gasteiger partial charge in [0.15, 0.2) is 0 Å². The second-order valence-corrected chi connectivity index (χ2v) is 4.88. The molecule has 1 amide bonds. The van der Waals surface area contributed by atoms with Crippen LogP contribution in [0.1, 0.15) is 23.0 Å². The number of ether oxygens (including phenoxy) is 1. The predicted octanol–water partition coefficient (Wildman–Crippen LogP) is 2.36. The molecule has 20 heavy (non-hydrogen) atoms. The van der Waals surface area contributed by atoms with E-state index in [1.54, 1.807) is 0 Å². The Kier molecular flexibility index (Phi) is 5.64. The summed E-state index contributed by atoms with van der Waals surface area (Å²) in [7, 11) is 0. The first-order valence-corrected chi connectivity index (χ1v) is 7.34. The lowest BCUT2D eigenvalue weighted by Crippen LogP contribution is -2.25. The highest BCUT2D eigenvalue weighted by molar-refractivity contribution is 7.08. The fourth-order valence-corrected chi connectivity index (χ4v) is 2.33. The Labute approximate surface area is 122 Å². The van der Waals surface area contributed by atoms with Gasteiger partial charge in [-0.25, -0.2) is 0 Å². The zero-order valence-electron chi connectivity index (χ0n) is 11.3. The molecule has 0 aliphatic heterocycles. The van der Waals surface area contributed by atoms with Crippen molar-refractivity contribution < 1.29 is 9.53 Å². The molecule has 0 aliphatic carbocycles. The normalized spacial score (nSPS) is 10.4. The van der Waals surface area contributed by atoms with Crippen LogP contribution in [0.15, 0.2) is 30.3 Å². The molecule has 1 N–H and O–H groups in total. The minimum Gasteiger partial charge on any atom is -0.382 e. The van der Waals surface area contributed by atoms with Gasteiger partial charge in [-0.1, -0.05) is 34.8 Å². The van der Waals surface area contributed by atoms with Crippen LogP contribution in [-0.4, -0.2) is 35.3 Å². The van der Waals surface area contributed by atoms with Crippen molar-refractivity contribution >= 4 is 17.4 Å². The highest BCUT2D eigenvalue weighted by atomic mass is 32.1. The molecule has 0 saturated heterocycles. The lowest BCUT2D eigenvalue weighted by molar-refractivity contribution is 0.0948. The van der Waals surface area contributed by atoms with Gasteiger partial charge in [-0.3, -0.25) is 4.79 Å². The van der Waals surface area contributed by atoms with E-state index in [0.29, 0.717) is 30.3 Å². The van der Waals surface area contributed by atoms with E-state index in [4.69, 9.17) is 4.74 Å². The minimum atomic E-state index is -0.129. The number of aromatic nitrogens is 2. The highest BCUT2D eigenvalue weighted by Gasteiger charge is 2.16. The van der Waals surface area contributed by atoms with E-state index < -0.39 is 0 Å². The fourth-order valence-electron chi connectivity index (χ4n) is 1.73. The molecular formula is C14H17N3O2S. The van der Waals surface area contributed by atoms with Crippen molar-refractivity contribution in [3.63, 3.8) is 0 Å². The summed E-state index contributed by atoms with van der Waals surface area (Å²) in [6, 6.07) is 9.60. The largest absolute Gasteiger partial charge is 0.382 e. The molecule has 0 saturated carbocycles. The van der Waals surface area contributed by atoms with E-state index in [0.717, 1.165) is 23.5 Å². The molecule has 0 unspecified atom stereocenters. The zero-order chi connectivity index (χ0) is 14.2. The Hall–Kier alpha value is -1.79. The molecule has 1 aromatic carbocycles. The first-order chi connectivity index (χ1) is 9.83. The first kappa shape index (κ1) is 14.6.